The zero-order valence-corrected chi connectivity index (χ0v) is 11.0. The summed E-state index contributed by atoms with van der Waals surface area (Å²) in [5.41, 5.74) is 0.872. The Hall–Kier alpha value is -1.65. The van der Waals surface area contributed by atoms with Crippen molar-refractivity contribution in [1.29, 1.82) is 0 Å². The molecule has 0 heterocycles. The van der Waals surface area contributed by atoms with Crippen molar-refractivity contribution >= 4 is 11.6 Å². The van der Waals surface area contributed by atoms with Gasteiger partial charge in [-0.15, -0.1) is 0 Å². The van der Waals surface area contributed by atoms with E-state index in [1.54, 1.807) is 19.2 Å². The van der Waals surface area contributed by atoms with Crippen LogP contribution in [0, 0.1) is 11.6 Å². The van der Waals surface area contributed by atoms with Gasteiger partial charge in [0.2, 0.25) is 0 Å². The first-order valence-electron chi connectivity index (χ1n) is 5.66. The number of ether oxygens (including phenoxy) is 1. The van der Waals surface area contributed by atoms with Crippen LogP contribution < -0.4 is 10.1 Å². The highest BCUT2D eigenvalue weighted by Gasteiger charge is 2.08. The van der Waals surface area contributed by atoms with E-state index in [-0.39, 0.29) is 5.75 Å². The average Bonchev–Trinajstić information content (AvgIpc) is 2.37. The first-order valence-corrected chi connectivity index (χ1v) is 6.04. The van der Waals surface area contributed by atoms with Gasteiger partial charge in [-0.05, 0) is 31.3 Å². The first kappa shape index (κ1) is 13.8. The van der Waals surface area contributed by atoms with Crippen molar-refractivity contribution in [2.75, 3.05) is 7.05 Å². The molecule has 2 aromatic rings. The van der Waals surface area contributed by atoms with Crippen LogP contribution in [-0.2, 0) is 6.54 Å². The summed E-state index contributed by atoms with van der Waals surface area (Å²) in [5, 5.41) is 3.50. The second-order valence-corrected chi connectivity index (χ2v) is 4.40. The number of halogens is 3. The Morgan fingerprint density at radius 1 is 1.11 bits per heavy atom. The highest BCUT2D eigenvalue weighted by Crippen LogP contribution is 2.29. The van der Waals surface area contributed by atoms with Gasteiger partial charge >= 0.3 is 0 Å². The Labute approximate surface area is 115 Å². The number of rotatable bonds is 4. The molecular formula is C14H12ClF2NO. The summed E-state index contributed by atoms with van der Waals surface area (Å²) in [6.07, 6.45) is 0. The van der Waals surface area contributed by atoms with Crippen molar-refractivity contribution in [3.8, 4) is 11.5 Å². The molecule has 19 heavy (non-hydrogen) atoms. The zero-order chi connectivity index (χ0) is 13.8. The molecule has 0 unspecified atom stereocenters. The Morgan fingerprint density at radius 2 is 1.89 bits per heavy atom. The van der Waals surface area contributed by atoms with Crippen LogP contribution in [0.2, 0.25) is 5.02 Å². The third kappa shape index (κ3) is 3.43. The smallest absolute Gasteiger partial charge is 0.162 e. The summed E-state index contributed by atoms with van der Waals surface area (Å²) in [6.45, 7) is 0.580. The molecule has 5 heteroatoms. The maximum Gasteiger partial charge on any atom is 0.162 e. The van der Waals surface area contributed by atoms with E-state index >= 15 is 0 Å². The number of benzene rings is 2. The molecule has 0 spiro atoms. The SMILES string of the molecule is CNCc1ccc(Cl)cc1Oc1ccc(F)c(F)c1. The summed E-state index contributed by atoms with van der Waals surface area (Å²) in [4.78, 5) is 0. The van der Waals surface area contributed by atoms with Crippen LogP contribution in [0.25, 0.3) is 0 Å². The molecule has 0 saturated heterocycles. The van der Waals surface area contributed by atoms with Crippen molar-refractivity contribution in [3.05, 3.63) is 58.6 Å². The third-order valence-corrected chi connectivity index (χ3v) is 2.75. The van der Waals surface area contributed by atoms with Crippen molar-refractivity contribution in [2.45, 2.75) is 6.54 Å². The number of hydrogen-bond donors (Lipinski definition) is 1. The predicted octanol–water partition coefficient (Wildman–Crippen LogP) is 4.13. The molecule has 0 amide bonds. The molecule has 1 N–H and O–H groups in total. The molecule has 0 aromatic heterocycles. The normalized spacial score (nSPS) is 10.5. The van der Waals surface area contributed by atoms with Crippen LogP contribution in [-0.4, -0.2) is 7.05 Å². The van der Waals surface area contributed by atoms with E-state index in [4.69, 9.17) is 16.3 Å². The van der Waals surface area contributed by atoms with E-state index in [0.29, 0.717) is 17.3 Å². The number of nitrogens with one attached hydrogen (secondary N) is 1. The minimum atomic E-state index is -0.949. The summed E-state index contributed by atoms with van der Waals surface area (Å²) >= 11 is 5.91. The van der Waals surface area contributed by atoms with Crippen LogP contribution in [0.15, 0.2) is 36.4 Å². The number of hydrogen-bond acceptors (Lipinski definition) is 2. The van der Waals surface area contributed by atoms with Gasteiger partial charge in [-0.1, -0.05) is 17.7 Å². The maximum absolute atomic E-state index is 13.1. The minimum Gasteiger partial charge on any atom is -0.457 e. The van der Waals surface area contributed by atoms with E-state index in [2.05, 4.69) is 5.32 Å². The third-order valence-electron chi connectivity index (χ3n) is 2.52. The van der Waals surface area contributed by atoms with Gasteiger partial charge in [-0.25, -0.2) is 8.78 Å². The maximum atomic E-state index is 13.1. The fraction of sp³-hybridized carbons (Fsp3) is 0.143. The van der Waals surface area contributed by atoms with Crippen molar-refractivity contribution in [2.24, 2.45) is 0 Å². The highest BCUT2D eigenvalue weighted by atomic mass is 35.5. The summed E-state index contributed by atoms with van der Waals surface area (Å²) in [7, 11) is 1.80. The molecule has 0 atom stereocenters. The molecule has 0 bridgehead atoms. The lowest BCUT2D eigenvalue weighted by atomic mass is 10.2. The van der Waals surface area contributed by atoms with Crippen LogP contribution in [0.1, 0.15) is 5.56 Å². The van der Waals surface area contributed by atoms with Crippen LogP contribution in [0.5, 0.6) is 11.5 Å². The quantitative estimate of drug-likeness (QED) is 0.911. The first-order chi connectivity index (χ1) is 9.10. The second kappa shape index (κ2) is 5.99. The van der Waals surface area contributed by atoms with E-state index in [0.717, 1.165) is 17.7 Å². The Bertz CT molecular complexity index is 590. The Balaban J connectivity index is 2.30. The van der Waals surface area contributed by atoms with E-state index in [1.807, 2.05) is 6.07 Å². The standard InChI is InChI=1S/C14H12ClF2NO/c1-18-8-9-2-3-10(15)6-14(9)19-11-4-5-12(16)13(17)7-11/h2-7,18H,8H2,1H3. The fourth-order valence-corrected chi connectivity index (χ4v) is 1.79. The summed E-state index contributed by atoms with van der Waals surface area (Å²) in [6, 6.07) is 8.57. The van der Waals surface area contributed by atoms with Gasteiger partial charge < -0.3 is 10.1 Å². The van der Waals surface area contributed by atoms with Gasteiger partial charge in [0.1, 0.15) is 11.5 Å². The lowest BCUT2D eigenvalue weighted by Gasteiger charge is -2.11. The highest BCUT2D eigenvalue weighted by molar-refractivity contribution is 6.30. The Morgan fingerprint density at radius 3 is 2.58 bits per heavy atom. The van der Waals surface area contributed by atoms with Crippen LogP contribution >= 0.6 is 11.6 Å². The van der Waals surface area contributed by atoms with Gasteiger partial charge in [-0.3, -0.25) is 0 Å². The molecule has 0 saturated carbocycles. The molecule has 2 rings (SSSR count). The van der Waals surface area contributed by atoms with E-state index in [9.17, 15) is 8.78 Å². The fourth-order valence-electron chi connectivity index (χ4n) is 1.63. The summed E-state index contributed by atoms with van der Waals surface area (Å²) < 4.78 is 31.5. The zero-order valence-electron chi connectivity index (χ0n) is 10.2. The van der Waals surface area contributed by atoms with Gasteiger partial charge in [0.25, 0.3) is 0 Å². The molecule has 0 aliphatic carbocycles. The lowest BCUT2D eigenvalue weighted by Crippen LogP contribution is -2.06. The largest absolute Gasteiger partial charge is 0.457 e. The molecule has 2 nitrogen and oxygen atoms in total. The molecule has 2 aromatic carbocycles. The van der Waals surface area contributed by atoms with E-state index in [1.165, 1.54) is 6.07 Å². The summed E-state index contributed by atoms with van der Waals surface area (Å²) in [5.74, 6) is -1.13. The van der Waals surface area contributed by atoms with Gasteiger partial charge in [0.05, 0.1) is 0 Å². The van der Waals surface area contributed by atoms with Crippen molar-refractivity contribution in [1.82, 2.24) is 5.32 Å². The molecule has 0 aliphatic heterocycles. The van der Waals surface area contributed by atoms with Gasteiger partial charge in [0.15, 0.2) is 11.6 Å². The topological polar surface area (TPSA) is 21.3 Å². The van der Waals surface area contributed by atoms with Gasteiger partial charge in [0, 0.05) is 23.2 Å². The van der Waals surface area contributed by atoms with Crippen LogP contribution in [0.3, 0.4) is 0 Å². The second-order valence-electron chi connectivity index (χ2n) is 3.96. The minimum absolute atomic E-state index is 0.221. The molecule has 0 fully saturated rings. The lowest BCUT2D eigenvalue weighted by molar-refractivity contribution is 0.456. The van der Waals surface area contributed by atoms with Gasteiger partial charge in [-0.2, -0.15) is 0 Å². The average molecular weight is 284 g/mol. The molecule has 100 valence electrons. The predicted molar refractivity (Wildman–Crippen MR) is 70.6 cm³/mol. The molecule has 0 radical (unpaired) electrons. The van der Waals surface area contributed by atoms with E-state index < -0.39 is 11.6 Å². The Kier molecular flexibility index (Phi) is 4.35. The van der Waals surface area contributed by atoms with Crippen LogP contribution in [0.4, 0.5) is 8.78 Å². The molecular weight excluding hydrogens is 272 g/mol. The molecule has 0 aliphatic rings. The van der Waals surface area contributed by atoms with Crippen molar-refractivity contribution in [3.63, 3.8) is 0 Å². The monoisotopic (exact) mass is 283 g/mol. The van der Waals surface area contributed by atoms with Crippen molar-refractivity contribution < 1.29 is 13.5 Å².